The van der Waals surface area contributed by atoms with Gasteiger partial charge in [0.25, 0.3) is 0 Å². The Morgan fingerprint density at radius 3 is 2.60 bits per heavy atom. The number of hydrogen-bond donors (Lipinski definition) is 0. The molecule has 0 amide bonds. The molecule has 4 aromatic rings. The van der Waals surface area contributed by atoms with Crippen LogP contribution < -0.4 is 4.74 Å². The van der Waals surface area contributed by atoms with Gasteiger partial charge in [-0.15, -0.1) is 10.2 Å². The fraction of sp³-hybridized carbons (Fsp3) is 0.0870. The topological polar surface area (TPSA) is 63.7 Å². The molecule has 30 heavy (non-hydrogen) atoms. The predicted molar refractivity (Wildman–Crippen MR) is 119 cm³/mol. The standard InChI is InChI=1S/C23H17ClN4OS/c1-29-21-8-3-2-7-20(21)22-26-27-23(28(22)19-11-9-18(24)10-12-19)30-15-17-6-4-5-16(13-17)14-25/h2-13H,15H2,1H3. The van der Waals surface area contributed by atoms with E-state index in [9.17, 15) is 0 Å². The molecule has 1 heterocycles. The molecule has 0 bridgehead atoms. The molecule has 5 nitrogen and oxygen atoms in total. The summed E-state index contributed by atoms with van der Waals surface area (Å²) in [6.45, 7) is 0. The summed E-state index contributed by atoms with van der Waals surface area (Å²) in [7, 11) is 1.64. The average Bonchev–Trinajstić information content (AvgIpc) is 3.22. The number of methoxy groups -OCH3 is 1. The van der Waals surface area contributed by atoms with Crippen LogP contribution in [0.3, 0.4) is 0 Å². The van der Waals surface area contributed by atoms with Gasteiger partial charge in [0.15, 0.2) is 11.0 Å². The fourth-order valence-corrected chi connectivity index (χ4v) is 4.09. The van der Waals surface area contributed by atoms with Crippen LogP contribution in [-0.2, 0) is 5.75 Å². The summed E-state index contributed by atoms with van der Waals surface area (Å²) >= 11 is 7.65. The van der Waals surface area contributed by atoms with Crippen molar-refractivity contribution in [3.63, 3.8) is 0 Å². The largest absolute Gasteiger partial charge is 0.496 e. The first-order valence-corrected chi connectivity index (χ1v) is 10.5. The number of halogens is 1. The van der Waals surface area contributed by atoms with Gasteiger partial charge in [-0.3, -0.25) is 4.57 Å². The maximum absolute atomic E-state index is 9.14. The van der Waals surface area contributed by atoms with Gasteiger partial charge < -0.3 is 4.74 Å². The highest BCUT2D eigenvalue weighted by Crippen LogP contribution is 2.34. The van der Waals surface area contributed by atoms with E-state index in [-0.39, 0.29) is 0 Å². The number of thioether (sulfide) groups is 1. The lowest BCUT2D eigenvalue weighted by Crippen LogP contribution is -2.01. The summed E-state index contributed by atoms with van der Waals surface area (Å²) < 4.78 is 7.53. The third kappa shape index (κ3) is 4.18. The Morgan fingerprint density at radius 2 is 1.83 bits per heavy atom. The molecule has 0 aliphatic carbocycles. The van der Waals surface area contributed by atoms with Gasteiger partial charge in [0.1, 0.15) is 5.75 Å². The van der Waals surface area contributed by atoms with Gasteiger partial charge in [-0.05, 0) is 54.1 Å². The van der Waals surface area contributed by atoms with Crippen LogP contribution in [0, 0.1) is 11.3 Å². The maximum atomic E-state index is 9.14. The molecule has 1 aromatic heterocycles. The van der Waals surface area contributed by atoms with Crippen molar-refractivity contribution in [2.75, 3.05) is 7.11 Å². The molecule has 3 aromatic carbocycles. The summed E-state index contributed by atoms with van der Waals surface area (Å²) in [5.41, 5.74) is 3.44. The third-order valence-corrected chi connectivity index (χ3v) is 5.74. The number of rotatable bonds is 6. The normalized spacial score (nSPS) is 10.6. The quantitative estimate of drug-likeness (QED) is 0.362. The molecule has 0 aliphatic rings. The average molecular weight is 433 g/mol. The van der Waals surface area contributed by atoms with E-state index < -0.39 is 0 Å². The molecular weight excluding hydrogens is 416 g/mol. The summed E-state index contributed by atoms with van der Waals surface area (Å²) in [5.74, 6) is 2.06. The minimum Gasteiger partial charge on any atom is -0.496 e. The molecule has 7 heteroatoms. The van der Waals surface area contributed by atoms with Gasteiger partial charge in [0.05, 0.1) is 24.3 Å². The molecule has 148 valence electrons. The van der Waals surface area contributed by atoms with Crippen molar-refractivity contribution < 1.29 is 4.74 Å². The van der Waals surface area contributed by atoms with Gasteiger partial charge in [-0.2, -0.15) is 5.26 Å². The van der Waals surface area contributed by atoms with E-state index in [1.807, 2.05) is 71.3 Å². The van der Waals surface area contributed by atoms with E-state index >= 15 is 0 Å². The van der Waals surface area contributed by atoms with Gasteiger partial charge in [0, 0.05) is 16.5 Å². The molecule has 0 spiro atoms. The Balaban J connectivity index is 1.76. The SMILES string of the molecule is COc1ccccc1-c1nnc(SCc2cccc(C#N)c2)n1-c1ccc(Cl)cc1. The Hall–Kier alpha value is -3.27. The molecule has 0 fully saturated rings. The number of hydrogen-bond acceptors (Lipinski definition) is 5. The van der Waals surface area contributed by atoms with Crippen molar-refractivity contribution in [1.29, 1.82) is 5.26 Å². The minimum atomic E-state index is 0.641. The third-order valence-electron chi connectivity index (χ3n) is 4.49. The maximum Gasteiger partial charge on any atom is 0.196 e. The lowest BCUT2D eigenvalue weighted by Gasteiger charge is -2.12. The van der Waals surface area contributed by atoms with Crippen molar-refractivity contribution in [2.45, 2.75) is 10.9 Å². The smallest absolute Gasteiger partial charge is 0.196 e. The molecule has 0 atom stereocenters. The van der Waals surface area contributed by atoms with Crippen molar-refractivity contribution in [1.82, 2.24) is 14.8 Å². The summed E-state index contributed by atoms with van der Waals surface area (Å²) in [6, 6.07) is 25.0. The Labute approximate surface area is 183 Å². The Bertz CT molecular complexity index is 1210. The molecule has 0 N–H and O–H groups in total. The van der Waals surface area contributed by atoms with Crippen LogP contribution in [0.1, 0.15) is 11.1 Å². The van der Waals surface area contributed by atoms with Crippen LogP contribution in [0.25, 0.3) is 17.1 Å². The van der Waals surface area contributed by atoms with Crippen molar-refractivity contribution in [2.24, 2.45) is 0 Å². The van der Waals surface area contributed by atoms with Gasteiger partial charge in [0.2, 0.25) is 0 Å². The second-order valence-corrected chi connectivity index (χ2v) is 7.80. The number of ether oxygens (including phenoxy) is 1. The zero-order valence-corrected chi connectivity index (χ0v) is 17.7. The van der Waals surface area contributed by atoms with Gasteiger partial charge in [-0.25, -0.2) is 0 Å². The molecule has 0 saturated heterocycles. The molecular formula is C23H17ClN4OS. The first kappa shape index (κ1) is 20.0. The first-order chi connectivity index (χ1) is 14.7. The molecule has 0 radical (unpaired) electrons. The van der Waals surface area contributed by atoms with Gasteiger partial charge in [-0.1, -0.05) is 47.6 Å². The van der Waals surface area contributed by atoms with E-state index in [1.54, 1.807) is 24.9 Å². The van der Waals surface area contributed by atoms with Crippen LogP contribution in [-0.4, -0.2) is 21.9 Å². The number of aromatic nitrogens is 3. The predicted octanol–water partition coefficient (Wildman–Crippen LogP) is 5.76. The molecule has 0 saturated carbocycles. The highest BCUT2D eigenvalue weighted by Gasteiger charge is 2.19. The van der Waals surface area contributed by atoms with Gasteiger partial charge >= 0.3 is 0 Å². The van der Waals surface area contributed by atoms with Crippen LogP contribution in [0.15, 0.2) is 78.0 Å². The van der Waals surface area contributed by atoms with E-state index in [0.717, 1.165) is 27.7 Å². The fourth-order valence-electron chi connectivity index (χ4n) is 3.07. The van der Waals surface area contributed by atoms with E-state index in [2.05, 4.69) is 16.3 Å². The number of para-hydroxylation sites is 1. The monoisotopic (exact) mass is 432 g/mol. The Kier molecular flexibility index (Phi) is 6.03. The zero-order valence-electron chi connectivity index (χ0n) is 16.1. The molecule has 0 unspecified atom stereocenters. The van der Waals surface area contributed by atoms with E-state index in [0.29, 0.717) is 22.2 Å². The first-order valence-electron chi connectivity index (χ1n) is 9.16. The second-order valence-electron chi connectivity index (χ2n) is 6.42. The van der Waals surface area contributed by atoms with Crippen molar-refractivity contribution in [3.8, 4) is 28.9 Å². The van der Waals surface area contributed by atoms with Crippen molar-refractivity contribution >= 4 is 23.4 Å². The van der Waals surface area contributed by atoms with Crippen LogP contribution in [0.2, 0.25) is 5.02 Å². The summed E-state index contributed by atoms with van der Waals surface area (Å²) in [6.07, 6.45) is 0. The minimum absolute atomic E-state index is 0.641. The number of nitrogens with zero attached hydrogens (tertiary/aromatic N) is 4. The van der Waals surface area contributed by atoms with Crippen LogP contribution in [0.4, 0.5) is 0 Å². The zero-order chi connectivity index (χ0) is 20.9. The van der Waals surface area contributed by atoms with E-state index in [4.69, 9.17) is 21.6 Å². The number of nitriles is 1. The van der Waals surface area contributed by atoms with E-state index in [1.165, 1.54) is 0 Å². The molecule has 0 aliphatic heterocycles. The highest BCUT2D eigenvalue weighted by molar-refractivity contribution is 7.98. The van der Waals surface area contributed by atoms with Crippen molar-refractivity contribution in [3.05, 3.63) is 88.9 Å². The van der Waals surface area contributed by atoms with Crippen LogP contribution in [0.5, 0.6) is 5.75 Å². The lowest BCUT2D eigenvalue weighted by atomic mass is 10.2. The number of benzene rings is 3. The lowest BCUT2D eigenvalue weighted by molar-refractivity contribution is 0.416. The molecule has 4 rings (SSSR count). The summed E-state index contributed by atoms with van der Waals surface area (Å²) in [5, 5.41) is 19.4. The Morgan fingerprint density at radius 1 is 1.03 bits per heavy atom. The summed E-state index contributed by atoms with van der Waals surface area (Å²) in [4.78, 5) is 0. The second kappa shape index (κ2) is 9.04. The highest BCUT2D eigenvalue weighted by atomic mass is 35.5. The van der Waals surface area contributed by atoms with Crippen LogP contribution >= 0.6 is 23.4 Å².